The fraction of sp³-hybridized carbons (Fsp3) is 0.0500. The van der Waals surface area contributed by atoms with Crippen molar-refractivity contribution in [2.45, 2.75) is 11.4 Å². The second-order valence-electron chi connectivity index (χ2n) is 6.63. The summed E-state index contributed by atoms with van der Waals surface area (Å²) < 4.78 is 24.5. The predicted molar refractivity (Wildman–Crippen MR) is 121 cm³/mol. The van der Waals surface area contributed by atoms with Crippen molar-refractivity contribution < 1.29 is 13.2 Å². The third-order valence-electron chi connectivity index (χ3n) is 4.39. The maximum atomic E-state index is 12.8. The van der Waals surface area contributed by atoms with Gasteiger partial charge in [-0.1, -0.05) is 29.8 Å². The first-order valence-electron chi connectivity index (χ1n) is 8.88. The van der Waals surface area contributed by atoms with Crippen LogP contribution in [0.5, 0.6) is 0 Å². The number of anilines is 1. The molecule has 8 nitrogen and oxygen atoms in total. The van der Waals surface area contributed by atoms with Crippen LogP contribution in [0.25, 0.3) is 20.7 Å². The number of fused-ring (bicyclic) bond motifs is 1. The van der Waals surface area contributed by atoms with E-state index >= 15 is 0 Å². The van der Waals surface area contributed by atoms with Gasteiger partial charge in [-0.15, -0.1) is 11.3 Å². The lowest BCUT2D eigenvalue weighted by Gasteiger charge is -2.08. The fourth-order valence-corrected chi connectivity index (χ4v) is 4.67. The van der Waals surface area contributed by atoms with Gasteiger partial charge in [0, 0.05) is 15.6 Å². The Hall–Kier alpha value is -3.05. The van der Waals surface area contributed by atoms with Crippen LogP contribution in [-0.4, -0.2) is 23.9 Å². The number of sulfonamides is 1. The quantitative estimate of drug-likeness (QED) is 0.460. The zero-order chi connectivity index (χ0) is 22.2. The Morgan fingerprint density at radius 1 is 1.16 bits per heavy atom. The molecule has 0 spiro atoms. The van der Waals surface area contributed by atoms with Crippen LogP contribution >= 0.6 is 22.9 Å². The van der Waals surface area contributed by atoms with Gasteiger partial charge >= 0.3 is 0 Å². The zero-order valence-corrected chi connectivity index (χ0v) is 18.2. The number of carbonyl (C=O) groups excluding carboxylic acids is 1. The minimum atomic E-state index is -3.90. The number of hydrogen-bond donors (Lipinski definition) is 2. The van der Waals surface area contributed by atoms with Crippen molar-refractivity contribution in [3.8, 4) is 10.4 Å². The number of primary sulfonamides is 1. The second kappa shape index (κ2) is 8.23. The summed E-state index contributed by atoms with van der Waals surface area (Å²) in [4.78, 5) is 30.3. The summed E-state index contributed by atoms with van der Waals surface area (Å²) in [5.74, 6) is -0.510. The van der Waals surface area contributed by atoms with Gasteiger partial charge in [0.05, 0.1) is 16.7 Å². The highest BCUT2D eigenvalue weighted by atomic mass is 35.5. The average Bonchev–Trinajstić information content (AvgIpc) is 3.15. The minimum absolute atomic E-state index is 0.126. The first-order valence-corrected chi connectivity index (χ1v) is 11.6. The largest absolute Gasteiger partial charge is 0.324 e. The average molecular weight is 475 g/mol. The lowest BCUT2D eigenvalue weighted by molar-refractivity contribution is -0.116. The molecule has 0 atom stereocenters. The van der Waals surface area contributed by atoms with Crippen molar-refractivity contribution >= 4 is 54.8 Å². The van der Waals surface area contributed by atoms with E-state index in [-0.39, 0.29) is 22.7 Å². The molecule has 0 unspecified atom stereocenters. The van der Waals surface area contributed by atoms with E-state index < -0.39 is 15.9 Å². The molecule has 2 aromatic carbocycles. The number of benzene rings is 2. The lowest BCUT2D eigenvalue weighted by atomic mass is 10.2. The summed E-state index contributed by atoms with van der Waals surface area (Å²) in [6.07, 6.45) is 1.31. The maximum Gasteiger partial charge on any atom is 0.271 e. The first kappa shape index (κ1) is 21.2. The molecule has 0 saturated heterocycles. The van der Waals surface area contributed by atoms with Crippen molar-refractivity contribution in [1.29, 1.82) is 0 Å². The Morgan fingerprint density at radius 3 is 2.61 bits per heavy atom. The molecule has 158 valence electrons. The molecule has 0 aliphatic rings. The second-order valence-corrected chi connectivity index (χ2v) is 9.68. The Balaban J connectivity index is 1.57. The molecule has 2 heterocycles. The number of nitrogens with one attached hydrogen (secondary N) is 1. The van der Waals surface area contributed by atoms with E-state index in [1.165, 1.54) is 46.5 Å². The number of thiophene rings is 1. The van der Waals surface area contributed by atoms with E-state index in [0.29, 0.717) is 15.2 Å². The van der Waals surface area contributed by atoms with Gasteiger partial charge in [0.25, 0.3) is 5.56 Å². The molecule has 0 aliphatic carbocycles. The molecular formula is C20H15ClN4O4S2. The number of nitrogens with two attached hydrogens (primary N) is 1. The summed E-state index contributed by atoms with van der Waals surface area (Å²) in [5.41, 5.74) is 1.35. The number of carbonyl (C=O) groups is 1. The van der Waals surface area contributed by atoms with E-state index in [4.69, 9.17) is 16.7 Å². The number of aromatic nitrogens is 2. The number of nitrogens with zero attached hydrogens (tertiary/aromatic N) is 2. The molecule has 0 radical (unpaired) electrons. The van der Waals surface area contributed by atoms with Gasteiger partial charge in [-0.2, -0.15) is 0 Å². The molecule has 0 saturated carbocycles. The molecule has 3 N–H and O–H groups in total. The van der Waals surface area contributed by atoms with Crippen LogP contribution < -0.4 is 16.0 Å². The van der Waals surface area contributed by atoms with Crippen molar-refractivity contribution in [3.63, 3.8) is 0 Å². The van der Waals surface area contributed by atoms with Crippen LogP contribution in [0.15, 0.2) is 70.6 Å². The van der Waals surface area contributed by atoms with Gasteiger partial charge in [0.2, 0.25) is 15.9 Å². The number of rotatable bonds is 5. The summed E-state index contributed by atoms with van der Waals surface area (Å²) in [6, 6.07) is 14.6. The highest BCUT2D eigenvalue weighted by Gasteiger charge is 2.14. The summed E-state index contributed by atoms with van der Waals surface area (Å²) in [6.45, 7) is -0.282. The van der Waals surface area contributed by atoms with Gasteiger partial charge in [-0.25, -0.2) is 18.5 Å². The van der Waals surface area contributed by atoms with Gasteiger partial charge in [-0.3, -0.25) is 14.2 Å². The van der Waals surface area contributed by atoms with Crippen molar-refractivity contribution in [3.05, 3.63) is 76.3 Å². The summed E-state index contributed by atoms with van der Waals surface area (Å²) >= 11 is 7.21. The van der Waals surface area contributed by atoms with E-state index in [1.54, 1.807) is 12.1 Å². The molecule has 0 bridgehead atoms. The van der Waals surface area contributed by atoms with Crippen LogP contribution in [0.3, 0.4) is 0 Å². The van der Waals surface area contributed by atoms with E-state index in [1.807, 2.05) is 18.2 Å². The van der Waals surface area contributed by atoms with Crippen LogP contribution in [0.1, 0.15) is 0 Å². The van der Waals surface area contributed by atoms with Crippen molar-refractivity contribution in [2.24, 2.45) is 5.14 Å². The fourth-order valence-electron chi connectivity index (χ4n) is 2.92. The zero-order valence-electron chi connectivity index (χ0n) is 15.8. The Bertz CT molecular complexity index is 1460. The molecule has 4 aromatic rings. The van der Waals surface area contributed by atoms with Crippen LogP contribution in [0.2, 0.25) is 5.02 Å². The Kier molecular flexibility index (Phi) is 5.63. The molecule has 4 rings (SSSR count). The Morgan fingerprint density at radius 2 is 1.90 bits per heavy atom. The molecule has 1 amide bonds. The minimum Gasteiger partial charge on any atom is -0.324 e. The van der Waals surface area contributed by atoms with Crippen molar-refractivity contribution in [1.82, 2.24) is 9.55 Å². The highest BCUT2D eigenvalue weighted by Crippen LogP contribution is 2.31. The molecule has 0 aliphatic heterocycles. The molecule has 0 fully saturated rings. The van der Waals surface area contributed by atoms with E-state index in [9.17, 15) is 18.0 Å². The van der Waals surface area contributed by atoms with Crippen LogP contribution in [-0.2, 0) is 21.4 Å². The van der Waals surface area contributed by atoms with E-state index in [2.05, 4.69) is 10.3 Å². The van der Waals surface area contributed by atoms with Gasteiger partial charge in [0.1, 0.15) is 11.2 Å². The molecule has 2 aromatic heterocycles. The van der Waals surface area contributed by atoms with Gasteiger partial charge in [-0.05, 0) is 42.0 Å². The SMILES string of the molecule is NS(=O)(=O)c1cccc(NC(=O)Cn2cnc3cc(-c4ccc(Cl)cc4)sc3c2=O)c1. The number of amides is 1. The standard InChI is InChI=1S/C20H15ClN4O4S2/c21-13-6-4-12(5-7-13)17-9-16-19(30-17)20(27)25(11-23-16)10-18(26)24-14-2-1-3-15(8-14)31(22,28)29/h1-9,11H,10H2,(H,24,26)(H2,22,28,29). The molecule has 31 heavy (non-hydrogen) atoms. The maximum absolute atomic E-state index is 12.8. The molecule has 11 heteroatoms. The van der Waals surface area contributed by atoms with Crippen LogP contribution in [0.4, 0.5) is 5.69 Å². The number of halogens is 1. The number of hydrogen-bond acceptors (Lipinski definition) is 6. The topological polar surface area (TPSA) is 124 Å². The smallest absolute Gasteiger partial charge is 0.271 e. The monoisotopic (exact) mass is 474 g/mol. The first-order chi connectivity index (χ1) is 14.7. The highest BCUT2D eigenvalue weighted by molar-refractivity contribution is 7.89. The third-order valence-corrected chi connectivity index (χ3v) is 6.72. The third kappa shape index (κ3) is 4.67. The van der Waals surface area contributed by atoms with Crippen LogP contribution in [0, 0.1) is 0 Å². The van der Waals surface area contributed by atoms with E-state index in [0.717, 1.165) is 10.4 Å². The normalized spacial score (nSPS) is 11.5. The van der Waals surface area contributed by atoms with Gasteiger partial charge in [0.15, 0.2) is 0 Å². The lowest BCUT2D eigenvalue weighted by Crippen LogP contribution is -2.27. The molecular weight excluding hydrogens is 460 g/mol. The summed E-state index contributed by atoms with van der Waals surface area (Å²) in [7, 11) is -3.90. The van der Waals surface area contributed by atoms with Gasteiger partial charge < -0.3 is 5.32 Å². The Labute approximate surface area is 186 Å². The van der Waals surface area contributed by atoms with Crippen molar-refractivity contribution in [2.75, 3.05) is 5.32 Å². The predicted octanol–water partition coefficient (Wildman–Crippen LogP) is 3.06. The summed E-state index contributed by atoms with van der Waals surface area (Å²) in [5, 5.41) is 8.28.